The van der Waals surface area contributed by atoms with Crippen molar-refractivity contribution < 1.29 is 17.7 Å². The van der Waals surface area contributed by atoms with Gasteiger partial charge in [0.25, 0.3) is 10.0 Å². The van der Waals surface area contributed by atoms with Crippen LogP contribution in [0.15, 0.2) is 39.8 Å². The number of carbonyl (C=O) groups is 1. The maximum atomic E-state index is 13.4. The Kier molecular flexibility index (Phi) is 4.65. The molecule has 1 aliphatic rings. The first kappa shape index (κ1) is 19.2. The molecular weight excluding hydrogens is 394 g/mol. The predicted octanol–water partition coefficient (Wildman–Crippen LogP) is 2.19. The molecule has 0 atom stereocenters. The number of aryl methyl sites for hydroxylation is 2. The number of amides is 1. The van der Waals surface area contributed by atoms with Gasteiger partial charge in [0.05, 0.1) is 17.1 Å². The third-order valence-corrected chi connectivity index (χ3v) is 6.96. The zero-order valence-electron chi connectivity index (χ0n) is 16.3. The number of carbonyl (C=O) groups excluding carboxylic acids is 1. The summed E-state index contributed by atoms with van der Waals surface area (Å²) in [5, 5.41) is 10.6. The number of sulfonamides is 1. The number of benzene rings is 1. The largest absolute Gasteiger partial charge is 0.360 e. The molecule has 10 heteroatoms. The zero-order chi connectivity index (χ0) is 20.8. The Hall–Kier alpha value is -3.14. The van der Waals surface area contributed by atoms with E-state index in [-0.39, 0.29) is 17.3 Å². The normalized spacial score (nSPS) is 13.6. The van der Waals surface area contributed by atoms with Gasteiger partial charge in [-0.25, -0.2) is 8.42 Å². The van der Waals surface area contributed by atoms with E-state index >= 15 is 0 Å². The summed E-state index contributed by atoms with van der Waals surface area (Å²) < 4.78 is 34.5. The van der Waals surface area contributed by atoms with E-state index in [1.54, 1.807) is 26.8 Å². The molecule has 29 heavy (non-hydrogen) atoms. The Morgan fingerprint density at radius 1 is 1.24 bits per heavy atom. The van der Waals surface area contributed by atoms with Gasteiger partial charge in [-0.3, -0.25) is 13.8 Å². The SMILES string of the molecule is Cc1cc(NC(=O)Cn2nc(C)c(S(=O)(=O)N3CCc4ccccc43)c2C)no1. The van der Waals surface area contributed by atoms with Gasteiger partial charge in [-0.2, -0.15) is 5.10 Å². The van der Waals surface area contributed by atoms with Gasteiger partial charge in [0.15, 0.2) is 5.82 Å². The van der Waals surface area contributed by atoms with Crippen molar-refractivity contribution in [1.82, 2.24) is 14.9 Å². The number of aromatic nitrogens is 3. The standard InChI is InChI=1S/C19H21N5O4S/c1-12-10-17(22-28-12)20-18(25)11-23-14(3)19(13(2)21-23)29(26,27)24-9-8-15-6-4-5-7-16(15)24/h4-7,10H,8-9,11H2,1-3H3,(H,20,22,25). The van der Waals surface area contributed by atoms with Gasteiger partial charge >= 0.3 is 0 Å². The molecule has 0 spiro atoms. The monoisotopic (exact) mass is 415 g/mol. The van der Waals surface area contributed by atoms with Crippen LogP contribution in [0, 0.1) is 20.8 Å². The lowest BCUT2D eigenvalue weighted by Crippen LogP contribution is -2.30. The van der Waals surface area contributed by atoms with Gasteiger partial charge in [0.1, 0.15) is 17.2 Å². The molecule has 0 fully saturated rings. The number of nitrogens with one attached hydrogen (secondary N) is 1. The van der Waals surface area contributed by atoms with Crippen LogP contribution in [0.5, 0.6) is 0 Å². The third kappa shape index (κ3) is 3.39. The number of hydrogen-bond donors (Lipinski definition) is 1. The quantitative estimate of drug-likeness (QED) is 0.684. The van der Waals surface area contributed by atoms with Gasteiger partial charge in [-0.15, -0.1) is 0 Å². The Bertz CT molecular complexity index is 1200. The summed E-state index contributed by atoms with van der Waals surface area (Å²) in [5.41, 5.74) is 2.47. The van der Waals surface area contributed by atoms with Crippen LogP contribution in [0.3, 0.4) is 0 Å². The number of anilines is 2. The average Bonchev–Trinajstić information content (AvgIpc) is 3.33. The van der Waals surface area contributed by atoms with Gasteiger partial charge in [-0.1, -0.05) is 23.4 Å². The molecule has 0 saturated carbocycles. The second kappa shape index (κ2) is 7.03. The number of para-hydroxylation sites is 1. The highest BCUT2D eigenvalue weighted by Gasteiger charge is 2.35. The highest BCUT2D eigenvalue weighted by Crippen LogP contribution is 2.34. The lowest BCUT2D eigenvalue weighted by atomic mass is 10.2. The molecule has 4 rings (SSSR count). The van der Waals surface area contributed by atoms with Crippen molar-refractivity contribution in [1.29, 1.82) is 0 Å². The van der Waals surface area contributed by atoms with Crippen molar-refractivity contribution in [2.45, 2.75) is 38.6 Å². The summed E-state index contributed by atoms with van der Waals surface area (Å²) in [5.74, 6) is 0.501. The molecule has 3 aromatic rings. The van der Waals surface area contributed by atoms with Crippen molar-refractivity contribution in [3.8, 4) is 0 Å². The van der Waals surface area contributed by atoms with Crippen molar-refractivity contribution in [3.63, 3.8) is 0 Å². The van der Waals surface area contributed by atoms with Crippen LogP contribution >= 0.6 is 0 Å². The van der Waals surface area contributed by atoms with Crippen LogP contribution in [0.1, 0.15) is 22.7 Å². The van der Waals surface area contributed by atoms with E-state index in [9.17, 15) is 13.2 Å². The van der Waals surface area contributed by atoms with E-state index in [1.165, 1.54) is 8.99 Å². The minimum absolute atomic E-state index is 0.134. The molecule has 152 valence electrons. The second-order valence-corrected chi connectivity index (χ2v) is 8.78. The van der Waals surface area contributed by atoms with E-state index < -0.39 is 10.0 Å². The van der Waals surface area contributed by atoms with Gasteiger partial charge in [0, 0.05) is 12.6 Å². The van der Waals surface area contributed by atoms with Crippen molar-refractivity contribution in [3.05, 3.63) is 53.0 Å². The Morgan fingerprint density at radius 2 is 2.00 bits per heavy atom. The summed E-state index contributed by atoms with van der Waals surface area (Å²) in [6, 6.07) is 9.07. The van der Waals surface area contributed by atoms with Crippen molar-refractivity contribution >= 4 is 27.4 Å². The van der Waals surface area contributed by atoms with E-state index in [4.69, 9.17) is 4.52 Å². The van der Waals surface area contributed by atoms with E-state index in [1.807, 2.05) is 24.3 Å². The maximum Gasteiger partial charge on any atom is 0.268 e. The first-order valence-electron chi connectivity index (χ1n) is 9.15. The van der Waals surface area contributed by atoms with Crippen LogP contribution < -0.4 is 9.62 Å². The molecular formula is C19H21N5O4S. The Morgan fingerprint density at radius 3 is 2.72 bits per heavy atom. The summed E-state index contributed by atoms with van der Waals surface area (Å²) >= 11 is 0. The molecule has 0 bridgehead atoms. The van der Waals surface area contributed by atoms with Gasteiger partial charge < -0.3 is 9.84 Å². The third-order valence-electron chi connectivity index (χ3n) is 4.90. The number of hydrogen-bond acceptors (Lipinski definition) is 6. The lowest BCUT2D eigenvalue weighted by Gasteiger charge is -2.19. The van der Waals surface area contributed by atoms with Crippen LogP contribution in [0.25, 0.3) is 0 Å². The van der Waals surface area contributed by atoms with E-state index in [0.29, 0.717) is 41.6 Å². The molecule has 1 aromatic carbocycles. The molecule has 9 nitrogen and oxygen atoms in total. The lowest BCUT2D eigenvalue weighted by molar-refractivity contribution is -0.117. The summed E-state index contributed by atoms with van der Waals surface area (Å²) in [6.45, 7) is 5.26. The highest BCUT2D eigenvalue weighted by atomic mass is 32.2. The highest BCUT2D eigenvalue weighted by molar-refractivity contribution is 7.93. The summed E-state index contributed by atoms with van der Waals surface area (Å²) in [4.78, 5) is 12.5. The second-order valence-electron chi connectivity index (χ2n) is 6.98. The van der Waals surface area contributed by atoms with Gasteiger partial charge in [0.2, 0.25) is 5.91 Å². The minimum Gasteiger partial charge on any atom is -0.360 e. The molecule has 0 aliphatic carbocycles. The molecule has 1 amide bonds. The average molecular weight is 415 g/mol. The van der Waals surface area contributed by atoms with Crippen LogP contribution in [-0.2, 0) is 27.8 Å². The topological polar surface area (TPSA) is 110 Å². The first-order valence-corrected chi connectivity index (χ1v) is 10.6. The fraction of sp³-hybridized carbons (Fsp3) is 0.316. The number of fused-ring (bicyclic) bond motifs is 1. The first-order chi connectivity index (χ1) is 13.8. The fourth-order valence-corrected chi connectivity index (χ4v) is 5.50. The number of nitrogens with zero attached hydrogens (tertiary/aromatic N) is 4. The molecule has 2 aromatic heterocycles. The molecule has 0 saturated heterocycles. The molecule has 0 radical (unpaired) electrons. The zero-order valence-corrected chi connectivity index (χ0v) is 17.2. The van der Waals surface area contributed by atoms with Crippen LogP contribution in [0.4, 0.5) is 11.5 Å². The van der Waals surface area contributed by atoms with Crippen LogP contribution in [0.2, 0.25) is 0 Å². The fourth-order valence-electron chi connectivity index (χ4n) is 3.62. The van der Waals surface area contributed by atoms with Gasteiger partial charge in [-0.05, 0) is 38.8 Å². The molecule has 1 aliphatic heterocycles. The molecule has 3 heterocycles. The van der Waals surface area contributed by atoms with Crippen LogP contribution in [-0.4, -0.2) is 35.8 Å². The van der Waals surface area contributed by atoms with E-state index in [0.717, 1.165) is 5.56 Å². The Labute approximate surface area is 168 Å². The number of rotatable bonds is 5. The Balaban J connectivity index is 1.61. The predicted molar refractivity (Wildman–Crippen MR) is 106 cm³/mol. The summed E-state index contributed by atoms with van der Waals surface area (Å²) in [6.07, 6.45) is 0.668. The smallest absolute Gasteiger partial charge is 0.268 e. The minimum atomic E-state index is -3.79. The molecule has 1 N–H and O–H groups in total. The van der Waals surface area contributed by atoms with Crippen molar-refractivity contribution in [2.75, 3.05) is 16.2 Å². The molecule has 0 unspecified atom stereocenters. The van der Waals surface area contributed by atoms with E-state index in [2.05, 4.69) is 15.6 Å². The maximum absolute atomic E-state index is 13.4. The van der Waals surface area contributed by atoms with Crippen molar-refractivity contribution in [2.24, 2.45) is 0 Å². The summed E-state index contributed by atoms with van der Waals surface area (Å²) in [7, 11) is -3.79.